The van der Waals surface area contributed by atoms with Gasteiger partial charge < -0.3 is 4.74 Å². The maximum absolute atomic E-state index is 13.2. The zero-order valence-electron chi connectivity index (χ0n) is 10.8. The largest absolute Gasteiger partial charge is 0.469 e. The minimum Gasteiger partial charge on any atom is -0.469 e. The van der Waals surface area contributed by atoms with Gasteiger partial charge in [0.25, 0.3) is 0 Å². The zero-order valence-corrected chi connectivity index (χ0v) is 11.6. The molecule has 2 aromatic rings. The second kappa shape index (κ2) is 5.93. The molecule has 0 spiro atoms. The Balaban J connectivity index is 2.12. The lowest BCUT2D eigenvalue weighted by Gasteiger charge is -2.00. The first-order chi connectivity index (χ1) is 9.10. The fourth-order valence-electron chi connectivity index (χ4n) is 1.66. The standard InChI is InChI=1S/C14H14FNO2S/c1-9-7-10(3-5-12(9)15)14-16-11(8-19-14)4-6-13(17)18-2/h3,5,7-8H,4,6H2,1-2H3. The predicted octanol–water partition coefficient (Wildman–Crippen LogP) is 3.36. The van der Waals surface area contributed by atoms with Gasteiger partial charge in [-0.3, -0.25) is 4.79 Å². The number of methoxy groups -OCH3 is 1. The molecule has 1 heterocycles. The summed E-state index contributed by atoms with van der Waals surface area (Å²) < 4.78 is 17.8. The van der Waals surface area contributed by atoms with Gasteiger partial charge in [0, 0.05) is 17.4 Å². The summed E-state index contributed by atoms with van der Waals surface area (Å²) in [4.78, 5) is 15.5. The number of hydrogen-bond donors (Lipinski definition) is 0. The second-order valence-electron chi connectivity index (χ2n) is 4.18. The first kappa shape index (κ1) is 13.7. The van der Waals surface area contributed by atoms with Crippen molar-refractivity contribution in [1.29, 1.82) is 0 Å². The molecule has 0 atom stereocenters. The number of nitrogens with zero attached hydrogens (tertiary/aromatic N) is 1. The van der Waals surface area contributed by atoms with Crippen LogP contribution in [0.3, 0.4) is 0 Å². The smallest absolute Gasteiger partial charge is 0.305 e. The third-order valence-corrected chi connectivity index (χ3v) is 3.71. The van der Waals surface area contributed by atoms with Crippen LogP contribution in [0, 0.1) is 12.7 Å². The van der Waals surface area contributed by atoms with Crippen LogP contribution in [0.2, 0.25) is 0 Å². The molecule has 0 bridgehead atoms. The van der Waals surface area contributed by atoms with E-state index in [-0.39, 0.29) is 11.8 Å². The number of rotatable bonds is 4. The lowest BCUT2D eigenvalue weighted by molar-refractivity contribution is -0.140. The molecule has 0 radical (unpaired) electrons. The van der Waals surface area contributed by atoms with E-state index in [0.29, 0.717) is 18.4 Å². The highest BCUT2D eigenvalue weighted by Crippen LogP contribution is 2.25. The number of aryl methyl sites for hydroxylation is 2. The Morgan fingerprint density at radius 3 is 2.95 bits per heavy atom. The van der Waals surface area contributed by atoms with Gasteiger partial charge in [0.05, 0.1) is 19.2 Å². The van der Waals surface area contributed by atoms with Crippen molar-refractivity contribution in [2.45, 2.75) is 19.8 Å². The quantitative estimate of drug-likeness (QED) is 0.806. The van der Waals surface area contributed by atoms with E-state index in [9.17, 15) is 9.18 Å². The topological polar surface area (TPSA) is 39.2 Å². The molecular weight excluding hydrogens is 265 g/mol. The van der Waals surface area contributed by atoms with Gasteiger partial charge in [-0.05, 0) is 30.7 Å². The minimum atomic E-state index is -0.243. The molecule has 19 heavy (non-hydrogen) atoms. The summed E-state index contributed by atoms with van der Waals surface area (Å²) in [6, 6.07) is 4.93. The Labute approximate surface area is 115 Å². The van der Waals surface area contributed by atoms with Crippen molar-refractivity contribution < 1.29 is 13.9 Å². The van der Waals surface area contributed by atoms with E-state index < -0.39 is 0 Å². The van der Waals surface area contributed by atoms with Crippen molar-refractivity contribution in [2.24, 2.45) is 0 Å². The first-order valence-electron chi connectivity index (χ1n) is 5.88. The Kier molecular flexibility index (Phi) is 4.27. The van der Waals surface area contributed by atoms with Crippen LogP contribution in [0.5, 0.6) is 0 Å². The average molecular weight is 279 g/mol. The highest BCUT2D eigenvalue weighted by molar-refractivity contribution is 7.13. The Morgan fingerprint density at radius 1 is 1.47 bits per heavy atom. The SMILES string of the molecule is COC(=O)CCc1csc(-c2ccc(F)c(C)c2)n1. The maximum Gasteiger partial charge on any atom is 0.305 e. The maximum atomic E-state index is 13.2. The van der Waals surface area contributed by atoms with Gasteiger partial charge in [-0.2, -0.15) is 0 Å². The predicted molar refractivity (Wildman–Crippen MR) is 72.6 cm³/mol. The fraction of sp³-hybridized carbons (Fsp3) is 0.286. The molecule has 0 saturated carbocycles. The molecule has 2 rings (SSSR count). The van der Waals surface area contributed by atoms with Gasteiger partial charge in [-0.25, -0.2) is 9.37 Å². The van der Waals surface area contributed by atoms with E-state index in [1.165, 1.54) is 24.5 Å². The number of esters is 1. The van der Waals surface area contributed by atoms with E-state index in [2.05, 4.69) is 9.72 Å². The number of thiazole rings is 1. The molecule has 0 amide bonds. The monoisotopic (exact) mass is 279 g/mol. The van der Waals surface area contributed by atoms with Crippen molar-refractivity contribution >= 4 is 17.3 Å². The van der Waals surface area contributed by atoms with Crippen LogP contribution in [-0.4, -0.2) is 18.1 Å². The summed E-state index contributed by atoms with van der Waals surface area (Å²) in [5, 5.41) is 2.75. The summed E-state index contributed by atoms with van der Waals surface area (Å²) in [6.45, 7) is 1.73. The van der Waals surface area contributed by atoms with Crippen LogP contribution in [0.4, 0.5) is 4.39 Å². The van der Waals surface area contributed by atoms with E-state index >= 15 is 0 Å². The highest BCUT2D eigenvalue weighted by Gasteiger charge is 2.08. The lowest BCUT2D eigenvalue weighted by atomic mass is 10.1. The normalized spacial score (nSPS) is 10.5. The number of ether oxygens (including phenoxy) is 1. The molecule has 0 unspecified atom stereocenters. The van der Waals surface area contributed by atoms with Gasteiger partial charge in [-0.1, -0.05) is 0 Å². The molecule has 3 nitrogen and oxygen atoms in total. The number of hydrogen-bond acceptors (Lipinski definition) is 4. The van der Waals surface area contributed by atoms with Gasteiger partial charge in [-0.15, -0.1) is 11.3 Å². The van der Waals surface area contributed by atoms with Crippen LogP contribution in [0.15, 0.2) is 23.6 Å². The Hall–Kier alpha value is -1.75. The van der Waals surface area contributed by atoms with Crippen LogP contribution in [0.1, 0.15) is 17.7 Å². The lowest BCUT2D eigenvalue weighted by Crippen LogP contribution is -2.01. The molecule has 0 fully saturated rings. The van der Waals surface area contributed by atoms with Crippen molar-refractivity contribution in [1.82, 2.24) is 4.98 Å². The Bertz CT molecular complexity index is 595. The van der Waals surface area contributed by atoms with E-state index in [4.69, 9.17) is 0 Å². The molecule has 5 heteroatoms. The molecule has 0 saturated heterocycles. The van der Waals surface area contributed by atoms with Crippen LogP contribution >= 0.6 is 11.3 Å². The molecular formula is C14H14FNO2S. The third kappa shape index (κ3) is 3.38. The number of benzene rings is 1. The van der Waals surface area contributed by atoms with Gasteiger partial charge in [0.1, 0.15) is 10.8 Å². The van der Waals surface area contributed by atoms with Gasteiger partial charge in [0.15, 0.2) is 0 Å². The molecule has 0 aliphatic carbocycles. The number of halogens is 1. The van der Waals surface area contributed by atoms with Gasteiger partial charge >= 0.3 is 5.97 Å². The molecule has 1 aromatic heterocycles. The van der Waals surface area contributed by atoms with Crippen molar-refractivity contribution in [3.63, 3.8) is 0 Å². The average Bonchev–Trinajstić information content (AvgIpc) is 2.88. The highest BCUT2D eigenvalue weighted by atomic mass is 32.1. The number of carbonyl (C=O) groups is 1. The molecule has 100 valence electrons. The van der Waals surface area contributed by atoms with E-state index in [1.807, 2.05) is 5.38 Å². The molecule has 0 aliphatic heterocycles. The van der Waals surface area contributed by atoms with Gasteiger partial charge in [0.2, 0.25) is 0 Å². The molecule has 0 aliphatic rings. The second-order valence-corrected chi connectivity index (χ2v) is 5.04. The van der Waals surface area contributed by atoms with Crippen LogP contribution < -0.4 is 0 Å². The summed E-state index contributed by atoms with van der Waals surface area (Å²) in [6.07, 6.45) is 0.880. The molecule has 0 N–H and O–H groups in total. The molecule has 1 aromatic carbocycles. The van der Waals surface area contributed by atoms with E-state index in [1.54, 1.807) is 19.1 Å². The first-order valence-corrected chi connectivity index (χ1v) is 6.76. The Morgan fingerprint density at radius 2 is 2.26 bits per heavy atom. The summed E-state index contributed by atoms with van der Waals surface area (Å²) in [5.41, 5.74) is 2.35. The minimum absolute atomic E-state index is 0.216. The van der Waals surface area contributed by atoms with Crippen LogP contribution in [-0.2, 0) is 16.0 Å². The summed E-state index contributed by atoms with van der Waals surface area (Å²) in [7, 11) is 1.37. The zero-order chi connectivity index (χ0) is 13.8. The van der Waals surface area contributed by atoms with E-state index in [0.717, 1.165) is 16.3 Å². The fourth-order valence-corrected chi connectivity index (χ4v) is 2.52. The van der Waals surface area contributed by atoms with Crippen molar-refractivity contribution in [3.05, 3.63) is 40.7 Å². The van der Waals surface area contributed by atoms with Crippen molar-refractivity contribution in [2.75, 3.05) is 7.11 Å². The van der Waals surface area contributed by atoms with Crippen LogP contribution in [0.25, 0.3) is 10.6 Å². The summed E-state index contributed by atoms with van der Waals surface area (Å²) in [5.74, 6) is -0.460. The number of aromatic nitrogens is 1. The number of carbonyl (C=O) groups excluding carboxylic acids is 1. The summed E-state index contributed by atoms with van der Waals surface area (Å²) >= 11 is 1.49. The third-order valence-electron chi connectivity index (χ3n) is 2.77. The van der Waals surface area contributed by atoms with Crippen molar-refractivity contribution in [3.8, 4) is 10.6 Å².